The Bertz CT molecular complexity index is 395. The molecule has 1 aromatic rings. The van der Waals surface area contributed by atoms with Gasteiger partial charge < -0.3 is 9.88 Å². The summed E-state index contributed by atoms with van der Waals surface area (Å²) in [6.45, 7) is 7.02. The molecule has 1 aliphatic heterocycles. The van der Waals surface area contributed by atoms with Crippen LogP contribution in [0, 0.1) is 19.8 Å². The topological polar surface area (TPSA) is 17.0 Å². The van der Waals surface area contributed by atoms with Crippen molar-refractivity contribution in [1.29, 1.82) is 0 Å². The molecule has 0 atom stereocenters. The minimum atomic E-state index is 0.830. The van der Waals surface area contributed by atoms with Gasteiger partial charge in [-0.05, 0) is 76.6 Å². The molecule has 17 heavy (non-hydrogen) atoms. The van der Waals surface area contributed by atoms with Crippen molar-refractivity contribution in [2.45, 2.75) is 52.0 Å². The molecule has 2 aliphatic rings. The van der Waals surface area contributed by atoms with Crippen molar-refractivity contribution >= 4 is 0 Å². The molecule has 1 aliphatic carbocycles. The maximum atomic E-state index is 3.45. The lowest BCUT2D eigenvalue weighted by Crippen LogP contribution is -2.28. The first kappa shape index (κ1) is 11.3. The van der Waals surface area contributed by atoms with Crippen molar-refractivity contribution in [1.82, 2.24) is 9.88 Å². The van der Waals surface area contributed by atoms with Crippen molar-refractivity contribution in [3.8, 4) is 0 Å². The monoisotopic (exact) mass is 232 g/mol. The van der Waals surface area contributed by atoms with Gasteiger partial charge >= 0.3 is 0 Å². The third kappa shape index (κ3) is 2.28. The summed E-state index contributed by atoms with van der Waals surface area (Å²) in [6.07, 6.45) is 6.79. The van der Waals surface area contributed by atoms with Gasteiger partial charge in [0.2, 0.25) is 0 Å². The van der Waals surface area contributed by atoms with Gasteiger partial charge in [0.1, 0.15) is 0 Å². The van der Waals surface area contributed by atoms with Crippen molar-refractivity contribution in [3.05, 3.63) is 23.0 Å². The maximum Gasteiger partial charge on any atom is 0.0337 e. The van der Waals surface area contributed by atoms with E-state index in [4.69, 9.17) is 0 Å². The van der Waals surface area contributed by atoms with E-state index >= 15 is 0 Å². The number of hydrogen-bond acceptors (Lipinski definition) is 1. The quantitative estimate of drug-likeness (QED) is 0.848. The highest BCUT2D eigenvalue weighted by Crippen LogP contribution is 2.38. The lowest BCUT2D eigenvalue weighted by molar-refractivity contribution is 0.372. The van der Waals surface area contributed by atoms with E-state index in [-0.39, 0.29) is 0 Å². The van der Waals surface area contributed by atoms with E-state index in [1.165, 1.54) is 50.9 Å². The van der Waals surface area contributed by atoms with Gasteiger partial charge in [0.25, 0.3) is 0 Å². The molecule has 1 aromatic heterocycles. The van der Waals surface area contributed by atoms with Gasteiger partial charge in [0, 0.05) is 17.4 Å². The molecule has 0 spiro atoms. The van der Waals surface area contributed by atoms with Crippen molar-refractivity contribution in [2.75, 3.05) is 13.1 Å². The lowest BCUT2D eigenvalue weighted by atomic mass is 9.91. The Kier molecular flexibility index (Phi) is 2.99. The average Bonchev–Trinajstić information content (AvgIpc) is 3.10. The van der Waals surface area contributed by atoms with Gasteiger partial charge in [-0.15, -0.1) is 0 Å². The highest BCUT2D eigenvalue weighted by atomic mass is 15.1. The molecular formula is C15H24N2. The number of aromatic nitrogens is 1. The lowest BCUT2D eigenvalue weighted by Gasteiger charge is -2.22. The minimum Gasteiger partial charge on any atom is -0.346 e. The number of rotatable bonds is 3. The highest BCUT2D eigenvalue weighted by Gasteiger charge is 2.27. The fraction of sp³-hybridized carbons (Fsp3) is 0.733. The normalized spacial score (nSPS) is 22.0. The van der Waals surface area contributed by atoms with Crippen LogP contribution in [0.2, 0.25) is 0 Å². The summed E-state index contributed by atoms with van der Waals surface area (Å²) >= 11 is 0. The van der Waals surface area contributed by atoms with Gasteiger partial charge in [-0.2, -0.15) is 0 Å². The molecule has 1 saturated carbocycles. The number of nitrogens with one attached hydrogen (secondary N) is 1. The zero-order chi connectivity index (χ0) is 11.8. The molecule has 0 bridgehead atoms. The van der Waals surface area contributed by atoms with Crippen LogP contribution in [0.25, 0.3) is 0 Å². The molecule has 2 fully saturated rings. The third-order valence-corrected chi connectivity index (χ3v) is 4.47. The van der Waals surface area contributed by atoms with Gasteiger partial charge in [-0.1, -0.05) is 0 Å². The zero-order valence-electron chi connectivity index (χ0n) is 11.1. The summed E-state index contributed by atoms with van der Waals surface area (Å²) in [6, 6.07) is 3.27. The summed E-state index contributed by atoms with van der Waals surface area (Å²) in [5.74, 6) is 0.907. The van der Waals surface area contributed by atoms with Crippen molar-refractivity contribution in [3.63, 3.8) is 0 Å². The maximum absolute atomic E-state index is 3.45. The Hall–Kier alpha value is -0.760. The Morgan fingerprint density at radius 1 is 1.18 bits per heavy atom. The van der Waals surface area contributed by atoms with E-state index in [1.807, 2.05) is 0 Å². The Labute approximate surface area is 104 Å². The molecule has 0 unspecified atom stereocenters. The van der Waals surface area contributed by atoms with Crippen LogP contribution in [0.1, 0.15) is 48.7 Å². The molecule has 3 rings (SSSR count). The van der Waals surface area contributed by atoms with Gasteiger partial charge in [-0.25, -0.2) is 0 Å². The van der Waals surface area contributed by atoms with Crippen LogP contribution in [-0.2, 0) is 6.42 Å². The SMILES string of the molecule is Cc1cc(CC2CCNCC2)c(C)n1C1CC1. The van der Waals surface area contributed by atoms with Crippen LogP contribution in [0.3, 0.4) is 0 Å². The predicted molar refractivity (Wildman–Crippen MR) is 71.5 cm³/mol. The fourth-order valence-electron chi connectivity index (χ4n) is 3.34. The van der Waals surface area contributed by atoms with Gasteiger partial charge in [0.05, 0.1) is 0 Å². The molecule has 1 N–H and O–H groups in total. The molecule has 0 amide bonds. The van der Waals surface area contributed by atoms with Crippen LogP contribution in [0.4, 0.5) is 0 Å². The van der Waals surface area contributed by atoms with Gasteiger partial charge in [-0.3, -0.25) is 0 Å². The Balaban J connectivity index is 1.75. The molecule has 1 saturated heterocycles. The number of hydrogen-bond donors (Lipinski definition) is 1. The average molecular weight is 232 g/mol. The molecule has 94 valence electrons. The number of nitrogens with zero attached hydrogens (tertiary/aromatic N) is 1. The molecule has 2 heterocycles. The summed E-state index contributed by atoms with van der Waals surface area (Å²) < 4.78 is 2.58. The van der Waals surface area contributed by atoms with Crippen molar-refractivity contribution in [2.24, 2.45) is 5.92 Å². The van der Waals surface area contributed by atoms with Crippen LogP contribution in [0.5, 0.6) is 0 Å². The van der Waals surface area contributed by atoms with Crippen LogP contribution >= 0.6 is 0 Å². The smallest absolute Gasteiger partial charge is 0.0337 e. The number of piperidine rings is 1. The first-order valence-corrected chi connectivity index (χ1v) is 7.13. The summed E-state index contributed by atoms with van der Waals surface area (Å²) in [5, 5.41) is 3.45. The first-order chi connectivity index (χ1) is 8.25. The molecule has 2 nitrogen and oxygen atoms in total. The van der Waals surface area contributed by atoms with E-state index in [0.29, 0.717) is 0 Å². The molecule has 2 heteroatoms. The van der Waals surface area contributed by atoms with Crippen LogP contribution < -0.4 is 5.32 Å². The second kappa shape index (κ2) is 4.49. The Morgan fingerprint density at radius 2 is 1.88 bits per heavy atom. The highest BCUT2D eigenvalue weighted by molar-refractivity contribution is 5.29. The van der Waals surface area contributed by atoms with E-state index in [9.17, 15) is 0 Å². The van der Waals surface area contributed by atoms with E-state index in [0.717, 1.165) is 12.0 Å². The first-order valence-electron chi connectivity index (χ1n) is 7.13. The van der Waals surface area contributed by atoms with Crippen LogP contribution in [0.15, 0.2) is 6.07 Å². The minimum absolute atomic E-state index is 0.830. The van der Waals surface area contributed by atoms with E-state index < -0.39 is 0 Å². The second-order valence-corrected chi connectivity index (χ2v) is 5.90. The largest absolute Gasteiger partial charge is 0.346 e. The standard InChI is InChI=1S/C15H24N2/c1-11-9-14(10-13-5-7-16-8-6-13)12(2)17(11)15-3-4-15/h9,13,15-16H,3-8,10H2,1-2H3. The molecule has 0 aromatic carbocycles. The number of aryl methyl sites for hydroxylation is 1. The zero-order valence-corrected chi connectivity index (χ0v) is 11.1. The summed E-state index contributed by atoms with van der Waals surface area (Å²) in [4.78, 5) is 0. The second-order valence-electron chi connectivity index (χ2n) is 5.90. The predicted octanol–water partition coefficient (Wildman–Crippen LogP) is 2.98. The summed E-state index contributed by atoms with van der Waals surface area (Å²) in [7, 11) is 0. The summed E-state index contributed by atoms with van der Waals surface area (Å²) in [5.41, 5.74) is 4.64. The molecular weight excluding hydrogens is 208 g/mol. The third-order valence-electron chi connectivity index (χ3n) is 4.47. The Morgan fingerprint density at radius 3 is 2.53 bits per heavy atom. The van der Waals surface area contributed by atoms with Crippen LogP contribution in [-0.4, -0.2) is 17.7 Å². The van der Waals surface area contributed by atoms with Gasteiger partial charge in [0.15, 0.2) is 0 Å². The van der Waals surface area contributed by atoms with E-state index in [1.54, 1.807) is 11.3 Å². The van der Waals surface area contributed by atoms with Crippen molar-refractivity contribution < 1.29 is 0 Å². The molecule has 0 radical (unpaired) electrons. The fourth-order valence-corrected chi connectivity index (χ4v) is 3.34. The van der Waals surface area contributed by atoms with E-state index in [2.05, 4.69) is 29.8 Å².